The highest BCUT2D eigenvalue weighted by molar-refractivity contribution is 5.79. The van der Waals surface area contributed by atoms with E-state index < -0.39 is 0 Å². The van der Waals surface area contributed by atoms with E-state index in [0.29, 0.717) is 32.2 Å². The van der Waals surface area contributed by atoms with Gasteiger partial charge in [0.05, 0.1) is 19.2 Å². The SMILES string of the molecule is O=C(C1CCOCC1)N1Cc2cccn2[C@@H](CCOc2ccccn2)C1. The van der Waals surface area contributed by atoms with Gasteiger partial charge in [-0.05, 0) is 31.0 Å². The number of hydrogen-bond donors (Lipinski definition) is 0. The van der Waals surface area contributed by atoms with Crippen LogP contribution in [0, 0.1) is 5.92 Å². The highest BCUT2D eigenvalue weighted by Gasteiger charge is 2.32. The molecule has 1 fully saturated rings. The zero-order valence-electron chi connectivity index (χ0n) is 14.9. The second kappa shape index (κ2) is 7.91. The van der Waals surface area contributed by atoms with Gasteiger partial charge in [0.25, 0.3) is 0 Å². The smallest absolute Gasteiger partial charge is 0.226 e. The van der Waals surface area contributed by atoms with Gasteiger partial charge in [0.1, 0.15) is 0 Å². The number of carbonyl (C=O) groups is 1. The third-order valence-corrected chi connectivity index (χ3v) is 5.27. The molecule has 4 heterocycles. The van der Waals surface area contributed by atoms with Crippen molar-refractivity contribution in [1.82, 2.24) is 14.5 Å². The van der Waals surface area contributed by atoms with Crippen LogP contribution >= 0.6 is 0 Å². The number of fused-ring (bicyclic) bond motifs is 1. The predicted molar refractivity (Wildman–Crippen MR) is 96.8 cm³/mol. The zero-order valence-corrected chi connectivity index (χ0v) is 14.9. The van der Waals surface area contributed by atoms with E-state index in [2.05, 4.69) is 27.9 Å². The number of aromatic nitrogens is 2. The summed E-state index contributed by atoms with van der Waals surface area (Å²) in [5, 5.41) is 0. The molecule has 138 valence electrons. The Kier molecular flexibility index (Phi) is 5.20. The maximum absolute atomic E-state index is 12.9. The monoisotopic (exact) mass is 355 g/mol. The summed E-state index contributed by atoms with van der Waals surface area (Å²) in [5.41, 5.74) is 1.19. The van der Waals surface area contributed by atoms with Crippen LogP contribution in [0.3, 0.4) is 0 Å². The van der Waals surface area contributed by atoms with Crippen LogP contribution in [0.15, 0.2) is 42.7 Å². The van der Waals surface area contributed by atoms with Gasteiger partial charge in [0.2, 0.25) is 11.8 Å². The van der Waals surface area contributed by atoms with E-state index in [9.17, 15) is 4.79 Å². The number of nitrogens with zero attached hydrogens (tertiary/aromatic N) is 3. The summed E-state index contributed by atoms with van der Waals surface area (Å²) >= 11 is 0. The molecule has 0 radical (unpaired) electrons. The topological polar surface area (TPSA) is 56.6 Å². The fraction of sp³-hybridized carbons (Fsp3) is 0.500. The van der Waals surface area contributed by atoms with E-state index in [4.69, 9.17) is 9.47 Å². The molecular weight excluding hydrogens is 330 g/mol. The normalized spacial score (nSPS) is 20.6. The highest BCUT2D eigenvalue weighted by atomic mass is 16.5. The summed E-state index contributed by atoms with van der Waals surface area (Å²) in [6.07, 6.45) is 6.36. The largest absolute Gasteiger partial charge is 0.478 e. The summed E-state index contributed by atoms with van der Waals surface area (Å²) in [4.78, 5) is 19.2. The van der Waals surface area contributed by atoms with E-state index in [1.165, 1.54) is 5.69 Å². The molecule has 2 aliphatic rings. The molecule has 4 rings (SSSR count). The Morgan fingerprint density at radius 2 is 2.12 bits per heavy atom. The van der Waals surface area contributed by atoms with E-state index in [1.807, 2.05) is 23.1 Å². The van der Waals surface area contributed by atoms with Gasteiger partial charge in [0.15, 0.2) is 0 Å². The first-order chi connectivity index (χ1) is 12.8. The Morgan fingerprint density at radius 3 is 2.92 bits per heavy atom. The quantitative estimate of drug-likeness (QED) is 0.827. The summed E-state index contributed by atoms with van der Waals surface area (Å²) in [6.45, 7) is 3.41. The Hall–Kier alpha value is -2.34. The van der Waals surface area contributed by atoms with Crippen molar-refractivity contribution in [3.63, 3.8) is 0 Å². The van der Waals surface area contributed by atoms with E-state index >= 15 is 0 Å². The molecule has 2 aromatic heterocycles. The second-order valence-electron chi connectivity index (χ2n) is 6.97. The van der Waals surface area contributed by atoms with Gasteiger partial charge in [-0.25, -0.2) is 4.98 Å². The molecule has 1 saturated heterocycles. The Morgan fingerprint density at radius 1 is 1.23 bits per heavy atom. The standard InChI is InChI=1S/C20H25N3O3/c24-20(16-6-11-25-12-7-16)22-14-17-4-3-10-23(17)18(15-22)8-13-26-19-5-1-2-9-21-19/h1-5,9-10,16,18H,6-8,11-15H2/t18-/m0/s1. The number of hydrogen-bond acceptors (Lipinski definition) is 4. The van der Waals surface area contributed by atoms with Gasteiger partial charge in [-0.1, -0.05) is 6.07 Å². The molecule has 26 heavy (non-hydrogen) atoms. The minimum Gasteiger partial charge on any atom is -0.478 e. The first-order valence-corrected chi connectivity index (χ1v) is 9.37. The lowest BCUT2D eigenvalue weighted by Gasteiger charge is -2.37. The van der Waals surface area contributed by atoms with Crippen molar-refractivity contribution in [3.05, 3.63) is 48.4 Å². The van der Waals surface area contributed by atoms with Crippen molar-refractivity contribution >= 4 is 5.91 Å². The van der Waals surface area contributed by atoms with Crippen molar-refractivity contribution < 1.29 is 14.3 Å². The molecule has 0 aliphatic carbocycles. The lowest BCUT2D eigenvalue weighted by atomic mass is 9.97. The number of carbonyl (C=O) groups excluding carboxylic acids is 1. The van der Waals surface area contributed by atoms with E-state index in [-0.39, 0.29) is 17.9 Å². The molecule has 1 amide bonds. The number of ether oxygens (including phenoxy) is 2. The predicted octanol–water partition coefficient (Wildman–Crippen LogP) is 2.66. The lowest BCUT2D eigenvalue weighted by Crippen LogP contribution is -2.44. The average molecular weight is 355 g/mol. The zero-order chi connectivity index (χ0) is 17.8. The molecule has 0 aromatic carbocycles. The molecule has 0 spiro atoms. The molecular formula is C20H25N3O3. The Bertz CT molecular complexity index is 725. The third kappa shape index (κ3) is 3.75. The van der Waals surface area contributed by atoms with Gasteiger partial charge in [-0.15, -0.1) is 0 Å². The van der Waals surface area contributed by atoms with Crippen LogP contribution in [0.4, 0.5) is 0 Å². The van der Waals surface area contributed by atoms with E-state index in [0.717, 1.165) is 25.8 Å². The van der Waals surface area contributed by atoms with Gasteiger partial charge >= 0.3 is 0 Å². The minimum absolute atomic E-state index is 0.107. The second-order valence-corrected chi connectivity index (χ2v) is 6.97. The van der Waals surface area contributed by atoms with Crippen LogP contribution < -0.4 is 4.74 Å². The molecule has 0 bridgehead atoms. The van der Waals surface area contributed by atoms with Crippen molar-refractivity contribution in [2.45, 2.75) is 31.8 Å². The summed E-state index contributed by atoms with van der Waals surface area (Å²) < 4.78 is 13.5. The molecule has 0 saturated carbocycles. The van der Waals surface area contributed by atoms with Crippen molar-refractivity contribution in [2.24, 2.45) is 5.92 Å². The van der Waals surface area contributed by atoms with Crippen molar-refractivity contribution in [1.29, 1.82) is 0 Å². The van der Waals surface area contributed by atoms with Crippen LogP contribution in [0.2, 0.25) is 0 Å². The number of rotatable bonds is 5. The highest BCUT2D eigenvalue weighted by Crippen LogP contribution is 2.27. The van der Waals surface area contributed by atoms with Crippen LogP contribution in [-0.2, 0) is 16.1 Å². The summed E-state index contributed by atoms with van der Waals surface area (Å²) in [7, 11) is 0. The van der Waals surface area contributed by atoms with E-state index in [1.54, 1.807) is 6.20 Å². The van der Waals surface area contributed by atoms with Crippen LogP contribution in [-0.4, -0.2) is 46.7 Å². The third-order valence-electron chi connectivity index (χ3n) is 5.27. The molecule has 2 aromatic rings. The molecule has 6 nitrogen and oxygen atoms in total. The van der Waals surface area contributed by atoms with Gasteiger partial charge in [-0.3, -0.25) is 4.79 Å². The first kappa shape index (κ1) is 17.1. The van der Waals surface area contributed by atoms with Crippen LogP contribution in [0.5, 0.6) is 5.88 Å². The fourth-order valence-electron chi connectivity index (χ4n) is 3.85. The van der Waals surface area contributed by atoms with Gasteiger partial charge < -0.3 is 18.9 Å². The Labute approximate surface area is 153 Å². The fourth-order valence-corrected chi connectivity index (χ4v) is 3.85. The van der Waals surface area contributed by atoms with Crippen molar-refractivity contribution in [2.75, 3.05) is 26.4 Å². The molecule has 0 N–H and O–H groups in total. The molecule has 0 unspecified atom stereocenters. The number of amides is 1. The maximum atomic E-state index is 12.9. The summed E-state index contributed by atoms with van der Waals surface area (Å²) in [5.74, 6) is 1.03. The maximum Gasteiger partial charge on any atom is 0.226 e. The summed E-state index contributed by atoms with van der Waals surface area (Å²) in [6, 6.07) is 10.1. The van der Waals surface area contributed by atoms with Crippen molar-refractivity contribution in [3.8, 4) is 5.88 Å². The Balaban J connectivity index is 1.40. The molecule has 1 atom stereocenters. The molecule has 6 heteroatoms. The van der Waals surface area contributed by atoms with Crippen LogP contribution in [0.25, 0.3) is 0 Å². The minimum atomic E-state index is 0.107. The number of pyridine rings is 1. The van der Waals surface area contributed by atoms with Gasteiger partial charge in [0, 0.05) is 56.3 Å². The lowest BCUT2D eigenvalue weighted by molar-refractivity contribution is -0.140. The molecule has 2 aliphatic heterocycles. The van der Waals surface area contributed by atoms with Gasteiger partial charge in [-0.2, -0.15) is 0 Å². The first-order valence-electron chi connectivity index (χ1n) is 9.37. The van der Waals surface area contributed by atoms with Crippen LogP contribution in [0.1, 0.15) is 31.0 Å². The average Bonchev–Trinajstić information content (AvgIpc) is 3.18.